The Labute approximate surface area is 110 Å². The zero-order valence-electron chi connectivity index (χ0n) is 11.8. The van der Waals surface area contributed by atoms with Crippen molar-refractivity contribution in [2.75, 3.05) is 13.2 Å². The fourth-order valence-corrected chi connectivity index (χ4v) is 1.48. The highest BCUT2D eigenvalue weighted by atomic mass is 16.5. The maximum absolute atomic E-state index is 11.2. The van der Waals surface area contributed by atoms with E-state index in [0.717, 1.165) is 25.5 Å². The Morgan fingerprint density at radius 2 is 2.00 bits per heavy atom. The van der Waals surface area contributed by atoms with Gasteiger partial charge in [-0.25, -0.2) is 4.79 Å². The van der Waals surface area contributed by atoms with Crippen LogP contribution < -0.4 is 0 Å². The van der Waals surface area contributed by atoms with Gasteiger partial charge in [0.25, 0.3) is 0 Å². The fourth-order valence-electron chi connectivity index (χ4n) is 1.48. The number of aliphatic hydroxyl groups excluding tert-OH is 1. The summed E-state index contributed by atoms with van der Waals surface area (Å²) in [6.45, 7) is 7.00. The van der Waals surface area contributed by atoms with E-state index in [1.54, 1.807) is 0 Å². The Morgan fingerprint density at radius 3 is 2.56 bits per heavy atom. The molecule has 0 heterocycles. The van der Waals surface area contributed by atoms with Gasteiger partial charge in [-0.15, -0.1) is 0 Å². The zero-order chi connectivity index (χ0) is 13.8. The molecule has 106 valence electrons. The Morgan fingerprint density at radius 1 is 1.28 bits per heavy atom. The first kappa shape index (κ1) is 16.8. The van der Waals surface area contributed by atoms with Crippen molar-refractivity contribution in [3.05, 3.63) is 12.0 Å². The molecule has 0 fully saturated rings. The second-order valence-corrected chi connectivity index (χ2v) is 4.39. The Hall–Kier alpha value is -1.19. The summed E-state index contributed by atoms with van der Waals surface area (Å²) in [6, 6.07) is 0. The van der Waals surface area contributed by atoms with E-state index < -0.39 is 11.7 Å². The minimum atomic E-state index is -0.724. The first-order chi connectivity index (χ1) is 8.65. The molecule has 1 unspecified atom stereocenters. The Balaban J connectivity index is 3.93. The lowest BCUT2D eigenvalue weighted by Crippen LogP contribution is -2.10. The van der Waals surface area contributed by atoms with Crippen molar-refractivity contribution in [1.29, 1.82) is 0 Å². The van der Waals surface area contributed by atoms with Crippen molar-refractivity contribution in [2.24, 2.45) is 5.92 Å². The van der Waals surface area contributed by atoms with E-state index >= 15 is 0 Å². The molecule has 0 saturated heterocycles. The van der Waals surface area contributed by atoms with E-state index in [4.69, 9.17) is 9.47 Å². The second-order valence-electron chi connectivity index (χ2n) is 4.39. The van der Waals surface area contributed by atoms with E-state index in [1.807, 2.05) is 6.92 Å². The van der Waals surface area contributed by atoms with Gasteiger partial charge < -0.3 is 14.6 Å². The van der Waals surface area contributed by atoms with E-state index in [9.17, 15) is 9.90 Å². The molecule has 0 rings (SSSR count). The SMILES string of the molecule is CCCCC(CC)COC=C(O)C(=O)OCCC. The van der Waals surface area contributed by atoms with Crippen LogP contribution in [0.5, 0.6) is 0 Å². The van der Waals surface area contributed by atoms with Gasteiger partial charge in [-0.05, 0) is 18.8 Å². The molecule has 0 aromatic rings. The Bertz CT molecular complexity index is 248. The number of carbonyl (C=O) groups excluding carboxylic acids is 1. The topological polar surface area (TPSA) is 55.8 Å². The average molecular weight is 258 g/mol. The molecule has 0 bridgehead atoms. The third-order valence-electron chi connectivity index (χ3n) is 2.72. The number of hydrogen-bond donors (Lipinski definition) is 1. The van der Waals surface area contributed by atoms with Crippen LogP contribution in [-0.2, 0) is 14.3 Å². The molecule has 0 aromatic carbocycles. The van der Waals surface area contributed by atoms with E-state index in [1.165, 1.54) is 12.8 Å². The summed E-state index contributed by atoms with van der Waals surface area (Å²) < 4.78 is 10.00. The van der Waals surface area contributed by atoms with Crippen LogP contribution in [0.4, 0.5) is 0 Å². The van der Waals surface area contributed by atoms with E-state index in [-0.39, 0.29) is 0 Å². The lowest BCUT2D eigenvalue weighted by Gasteiger charge is -2.13. The normalized spacial score (nSPS) is 13.2. The number of ether oxygens (including phenoxy) is 2. The number of rotatable bonds is 10. The average Bonchev–Trinajstić information content (AvgIpc) is 2.39. The van der Waals surface area contributed by atoms with Gasteiger partial charge in [0, 0.05) is 0 Å². The number of aliphatic hydroxyl groups is 1. The van der Waals surface area contributed by atoms with Crippen molar-refractivity contribution in [3.8, 4) is 0 Å². The van der Waals surface area contributed by atoms with Crippen molar-refractivity contribution in [1.82, 2.24) is 0 Å². The molecule has 0 amide bonds. The first-order valence-electron chi connectivity index (χ1n) is 6.83. The molecule has 0 radical (unpaired) electrons. The summed E-state index contributed by atoms with van der Waals surface area (Å²) in [7, 11) is 0. The smallest absolute Gasteiger partial charge is 0.376 e. The van der Waals surface area contributed by atoms with Gasteiger partial charge in [0.15, 0.2) is 0 Å². The second kappa shape index (κ2) is 10.9. The monoisotopic (exact) mass is 258 g/mol. The molecule has 4 nitrogen and oxygen atoms in total. The van der Waals surface area contributed by atoms with Crippen LogP contribution in [0.25, 0.3) is 0 Å². The summed E-state index contributed by atoms with van der Waals surface area (Å²) in [5, 5.41) is 9.37. The highest BCUT2D eigenvalue weighted by molar-refractivity contribution is 5.85. The van der Waals surface area contributed by atoms with Crippen LogP contribution in [-0.4, -0.2) is 24.3 Å². The van der Waals surface area contributed by atoms with Gasteiger partial charge in [-0.3, -0.25) is 0 Å². The predicted molar refractivity (Wildman–Crippen MR) is 71.2 cm³/mol. The third kappa shape index (κ3) is 7.98. The number of unbranched alkanes of at least 4 members (excludes halogenated alkanes) is 1. The molecule has 0 saturated carbocycles. The number of esters is 1. The van der Waals surface area contributed by atoms with Gasteiger partial charge in [0.2, 0.25) is 5.76 Å². The standard InChI is InChI=1S/C14H26O4/c1-4-7-8-12(6-3)10-17-11-13(15)14(16)18-9-5-2/h11-12,15H,4-10H2,1-3H3. The van der Waals surface area contributed by atoms with Crippen molar-refractivity contribution in [3.63, 3.8) is 0 Å². The molecule has 0 aliphatic carbocycles. The van der Waals surface area contributed by atoms with Gasteiger partial charge in [0.1, 0.15) is 6.26 Å². The minimum absolute atomic E-state index is 0.310. The largest absolute Gasteiger partial charge is 0.500 e. The van der Waals surface area contributed by atoms with Gasteiger partial charge in [-0.2, -0.15) is 0 Å². The van der Waals surface area contributed by atoms with Gasteiger partial charge >= 0.3 is 5.97 Å². The minimum Gasteiger partial charge on any atom is -0.500 e. The van der Waals surface area contributed by atoms with Crippen molar-refractivity contribution in [2.45, 2.75) is 52.9 Å². The quantitative estimate of drug-likeness (QED) is 0.370. The first-order valence-corrected chi connectivity index (χ1v) is 6.83. The molecule has 18 heavy (non-hydrogen) atoms. The number of hydrogen-bond acceptors (Lipinski definition) is 4. The summed E-state index contributed by atoms with van der Waals surface area (Å²) in [6.07, 6.45) is 6.31. The lowest BCUT2D eigenvalue weighted by atomic mass is 10.0. The summed E-state index contributed by atoms with van der Waals surface area (Å²) in [5.41, 5.74) is 0. The molecule has 4 heteroatoms. The van der Waals surface area contributed by atoms with E-state index in [2.05, 4.69) is 13.8 Å². The molecule has 1 N–H and O–H groups in total. The molecule has 0 aliphatic rings. The predicted octanol–water partition coefficient (Wildman–Crippen LogP) is 3.57. The molecule has 0 aromatic heterocycles. The van der Waals surface area contributed by atoms with Crippen LogP contribution in [0.1, 0.15) is 52.9 Å². The maximum atomic E-state index is 11.2. The molecular formula is C14H26O4. The highest BCUT2D eigenvalue weighted by Crippen LogP contribution is 2.13. The summed E-state index contributed by atoms with van der Waals surface area (Å²) in [4.78, 5) is 11.2. The molecule has 0 aliphatic heterocycles. The maximum Gasteiger partial charge on any atom is 0.376 e. The van der Waals surface area contributed by atoms with Crippen LogP contribution in [0.15, 0.2) is 12.0 Å². The van der Waals surface area contributed by atoms with Crippen LogP contribution >= 0.6 is 0 Å². The lowest BCUT2D eigenvalue weighted by molar-refractivity contribution is -0.142. The van der Waals surface area contributed by atoms with Crippen molar-refractivity contribution >= 4 is 5.97 Å². The third-order valence-corrected chi connectivity index (χ3v) is 2.72. The fraction of sp³-hybridized carbons (Fsp3) is 0.786. The number of carbonyl (C=O) groups is 1. The van der Waals surface area contributed by atoms with Crippen LogP contribution in [0.3, 0.4) is 0 Å². The summed E-state index contributed by atoms with van der Waals surface area (Å²) >= 11 is 0. The summed E-state index contributed by atoms with van der Waals surface area (Å²) in [5.74, 6) is -0.715. The van der Waals surface area contributed by atoms with E-state index in [0.29, 0.717) is 19.1 Å². The molecule has 1 atom stereocenters. The van der Waals surface area contributed by atoms with Crippen molar-refractivity contribution < 1.29 is 19.4 Å². The molecule has 0 spiro atoms. The van der Waals surface area contributed by atoms with Crippen LogP contribution in [0, 0.1) is 5.92 Å². The molecular weight excluding hydrogens is 232 g/mol. The highest BCUT2D eigenvalue weighted by Gasteiger charge is 2.10. The van der Waals surface area contributed by atoms with Gasteiger partial charge in [0.05, 0.1) is 13.2 Å². The van der Waals surface area contributed by atoms with Gasteiger partial charge in [-0.1, -0.05) is 40.0 Å². The van der Waals surface area contributed by atoms with Crippen LogP contribution in [0.2, 0.25) is 0 Å². The Kier molecular flexibility index (Phi) is 10.2. The zero-order valence-corrected chi connectivity index (χ0v) is 11.8.